The Bertz CT molecular complexity index is 696. The minimum atomic E-state index is -2.98. The minimum Gasteiger partial charge on any atom is -0.361 e. The van der Waals surface area contributed by atoms with Crippen LogP contribution >= 0.6 is 0 Å². The van der Waals surface area contributed by atoms with Crippen molar-refractivity contribution in [2.24, 2.45) is 5.92 Å². The van der Waals surface area contributed by atoms with Gasteiger partial charge in [0.1, 0.15) is 10.5 Å². The first-order chi connectivity index (χ1) is 11.4. The Balaban J connectivity index is 1.47. The third-order valence-electron chi connectivity index (χ3n) is 6.32. The highest BCUT2D eigenvalue weighted by Crippen LogP contribution is 2.45. The highest BCUT2D eigenvalue weighted by Gasteiger charge is 2.61. The van der Waals surface area contributed by atoms with E-state index in [0.717, 1.165) is 49.6 Å². The molecule has 0 amide bonds. The van der Waals surface area contributed by atoms with Crippen LogP contribution in [0.5, 0.6) is 0 Å². The van der Waals surface area contributed by atoms with E-state index >= 15 is 0 Å². The van der Waals surface area contributed by atoms with Crippen molar-refractivity contribution in [3.05, 3.63) is 17.0 Å². The Morgan fingerprint density at radius 3 is 2.54 bits per heavy atom. The third-order valence-corrected chi connectivity index (χ3v) is 8.92. The topological polar surface area (TPSA) is 66.7 Å². The smallest absolute Gasteiger partial charge is 0.158 e. The van der Waals surface area contributed by atoms with Gasteiger partial charge in [-0.15, -0.1) is 0 Å². The lowest BCUT2D eigenvalue weighted by molar-refractivity contribution is 0.0649. The maximum absolute atomic E-state index is 12.8. The van der Waals surface area contributed by atoms with Crippen LogP contribution in [0.1, 0.15) is 36.3 Å². The standard InChI is InChI=1S/C17H27N3O3S/c1-13-16(14(2)23-18-13)10-20-11-17(12-20)15(5-8-24(17,21)22)9-19-6-3-4-7-19/h15H,3-12H2,1-2H3. The van der Waals surface area contributed by atoms with Gasteiger partial charge in [0.05, 0.1) is 11.4 Å². The van der Waals surface area contributed by atoms with Crippen LogP contribution in [0.15, 0.2) is 4.52 Å². The molecule has 1 atom stereocenters. The van der Waals surface area contributed by atoms with E-state index in [1.165, 1.54) is 12.8 Å². The van der Waals surface area contributed by atoms with Crippen LogP contribution in [0.4, 0.5) is 0 Å². The van der Waals surface area contributed by atoms with Gasteiger partial charge in [-0.1, -0.05) is 5.16 Å². The van der Waals surface area contributed by atoms with Gasteiger partial charge in [0.2, 0.25) is 0 Å². The molecule has 0 aromatic carbocycles. The highest BCUT2D eigenvalue weighted by molar-refractivity contribution is 7.93. The summed E-state index contributed by atoms with van der Waals surface area (Å²) in [5.41, 5.74) is 2.02. The van der Waals surface area contributed by atoms with E-state index in [9.17, 15) is 8.42 Å². The van der Waals surface area contributed by atoms with Gasteiger partial charge in [-0.25, -0.2) is 8.42 Å². The number of nitrogens with zero attached hydrogens (tertiary/aromatic N) is 3. The predicted octanol–water partition coefficient (Wildman–Crippen LogP) is 1.38. The van der Waals surface area contributed by atoms with Crippen LogP contribution < -0.4 is 0 Å². The molecule has 1 aromatic rings. The van der Waals surface area contributed by atoms with Gasteiger partial charge >= 0.3 is 0 Å². The zero-order chi connectivity index (χ0) is 16.9. The molecule has 0 radical (unpaired) electrons. The summed E-state index contributed by atoms with van der Waals surface area (Å²) >= 11 is 0. The number of likely N-dealkylation sites (tertiary alicyclic amines) is 2. The molecule has 0 aliphatic carbocycles. The summed E-state index contributed by atoms with van der Waals surface area (Å²) in [5.74, 6) is 1.50. The molecule has 1 aromatic heterocycles. The van der Waals surface area contributed by atoms with Crippen molar-refractivity contribution in [2.45, 2.75) is 44.4 Å². The second-order valence-electron chi connectivity index (χ2n) is 7.82. The monoisotopic (exact) mass is 353 g/mol. The highest BCUT2D eigenvalue weighted by atomic mass is 32.2. The Kier molecular flexibility index (Phi) is 4.01. The SMILES string of the molecule is Cc1noc(C)c1CN1CC2(C1)C(CN1CCCC1)CCS2(=O)=O. The molecular weight excluding hydrogens is 326 g/mol. The number of hydrogen-bond acceptors (Lipinski definition) is 6. The van der Waals surface area contributed by atoms with Crippen molar-refractivity contribution in [1.29, 1.82) is 0 Å². The molecule has 3 aliphatic heterocycles. The third kappa shape index (κ3) is 2.52. The maximum atomic E-state index is 12.8. The van der Waals surface area contributed by atoms with Crippen LogP contribution in [0.3, 0.4) is 0 Å². The lowest BCUT2D eigenvalue weighted by atomic mass is 9.82. The summed E-state index contributed by atoms with van der Waals surface area (Å²) in [5, 5.41) is 4.00. The Morgan fingerprint density at radius 2 is 1.92 bits per heavy atom. The zero-order valence-electron chi connectivity index (χ0n) is 14.6. The second-order valence-corrected chi connectivity index (χ2v) is 10.3. The average Bonchev–Trinajstić information content (AvgIpc) is 3.16. The molecular formula is C17H27N3O3S. The van der Waals surface area contributed by atoms with Gasteiger partial charge in [-0.2, -0.15) is 0 Å². The first kappa shape index (κ1) is 16.5. The number of rotatable bonds is 4. The van der Waals surface area contributed by atoms with Crippen molar-refractivity contribution in [3.8, 4) is 0 Å². The normalized spacial score (nSPS) is 29.3. The lowest BCUT2D eigenvalue weighted by Crippen LogP contribution is -2.67. The van der Waals surface area contributed by atoms with Gasteiger partial charge in [-0.3, -0.25) is 4.90 Å². The fraction of sp³-hybridized carbons (Fsp3) is 0.824. The first-order valence-electron chi connectivity index (χ1n) is 9.00. The molecule has 4 heterocycles. The zero-order valence-corrected chi connectivity index (χ0v) is 15.4. The quantitative estimate of drug-likeness (QED) is 0.815. The summed E-state index contributed by atoms with van der Waals surface area (Å²) in [7, 11) is -2.98. The van der Waals surface area contributed by atoms with Crippen molar-refractivity contribution in [2.75, 3.05) is 38.5 Å². The van der Waals surface area contributed by atoms with E-state index < -0.39 is 14.6 Å². The van der Waals surface area contributed by atoms with Gasteiger partial charge in [0, 0.05) is 31.7 Å². The van der Waals surface area contributed by atoms with E-state index in [0.29, 0.717) is 24.8 Å². The fourth-order valence-corrected chi connectivity index (χ4v) is 7.24. The molecule has 1 spiro atoms. The Morgan fingerprint density at radius 1 is 1.21 bits per heavy atom. The molecule has 6 nitrogen and oxygen atoms in total. The van der Waals surface area contributed by atoms with Gasteiger partial charge in [0.15, 0.2) is 9.84 Å². The van der Waals surface area contributed by atoms with Crippen molar-refractivity contribution in [3.63, 3.8) is 0 Å². The van der Waals surface area contributed by atoms with E-state index in [4.69, 9.17) is 4.52 Å². The second kappa shape index (κ2) is 5.81. The van der Waals surface area contributed by atoms with Crippen LogP contribution in [-0.2, 0) is 16.4 Å². The van der Waals surface area contributed by atoms with E-state index in [1.807, 2.05) is 13.8 Å². The average molecular weight is 353 g/mol. The van der Waals surface area contributed by atoms with Crippen LogP contribution in [-0.4, -0.2) is 66.6 Å². The molecule has 4 rings (SSSR count). The van der Waals surface area contributed by atoms with Crippen LogP contribution in [0, 0.1) is 19.8 Å². The number of aromatic nitrogens is 1. The predicted molar refractivity (Wildman–Crippen MR) is 91.6 cm³/mol. The van der Waals surface area contributed by atoms with E-state index in [2.05, 4.69) is 15.0 Å². The Labute approximate surface area is 144 Å². The van der Waals surface area contributed by atoms with E-state index in [1.54, 1.807) is 0 Å². The lowest BCUT2D eigenvalue weighted by Gasteiger charge is -2.50. The molecule has 0 saturated carbocycles. The van der Waals surface area contributed by atoms with Gasteiger partial charge < -0.3 is 9.42 Å². The summed E-state index contributed by atoms with van der Waals surface area (Å²) in [6.45, 7) is 9.17. The first-order valence-corrected chi connectivity index (χ1v) is 10.7. The number of aryl methyl sites for hydroxylation is 2. The minimum absolute atomic E-state index is 0.293. The molecule has 0 N–H and O–H groups in total. The van der Waals surface area contributed by atoms with E-state index in [-0.39, 0.29) is 0 Å². The molecule has 3 fully saturated rings. The molecule has 3 saturated heterocycles. The largest absolute Gasteiger partial charge is 0.361 e. The van der Waals surface area contributed by atoms with Crippen molar-refractivity contribution >= 4 is 9.84 Å². The van der Waals surface area contributed by atoms with Gasteiger partial charge in [0.25, 0.3) is 0 Å². The fourth-order valence-electron chi connectivity index (χ4n) is 4.78. The maximum Gasteiger partial charge on any atom is 0.158 e. The summed E-state index contributed by atoms with van der Waals surface area (Å²) < 4.78 is 30.2. The summed E-state index contributed by atoms with van der Waals surface area (Å²) in [6, 6.07) is 0. The van der Waals surface area contributed by atoms with Crippen molar-refractivity contribution in [1.82, 2.24) is 15.0 Å². The van der Waals surface area contributed by atoms with Crippen LogP contribution in [0.25, 0.3) is 0 Å². The summed E-state index contributed by atoms with van der Waals surface area (Å²) in [4.78, 5) is 4.70. The molecule has 0 bridgehead atoms. The van der Waals surface area contributed by atoms with Gasteiger partial charge in [-0.05, 0) is 52.1 Å². The molecule has 3 aliphatic rings. The van der Waals surface area contributed by atoms with Crippen LogP contribution in [0.2, 0.25) is 0 Å². The molecule has 134 valence electrons. The van der Waals surface area contributed by atoms with Crippen molar-refractivity contribution < 1.29 is 12.9 Å². The number of hydrogen-bond donors (Lipinski definition) is 0. The number of sulfone groups is 1. The molecule has 24 heavy (non-hydrogen) atoms. The Hall–Kier alpha value is -0.920. The summed E-state index contributed by atoms with van der Waals surface area (Å²) in [6.07, 6.45) is 3.34. The molecule has 7 heteroatoms. The molecule has 1 unspecified atom stereocenters.